The van der Waals surface area contributed by atoms with Gasteiger partial charge < -0.3 is 10.5 Å². The molecular formula is C17H22ClNO. The lowest BCUT2D eigenvalue weighted by Gasteiger charge is -2.09. The maximum Gasteiger partial charge on any atom is 0.119 e. The monoisotopic (exact) mass is 291 g/mol. The van der Waals surface area contributed by atoms with Crippen LogP contribution in [0.1, 0.15) is 25.3 Å². The number of hydrogen-bond donors (Lipinski definition) is 1. The molecule has 0 spiro atoms. The van der Waals surface area contributed by atoms with Crippen molar-refractivity contribution in [3.05, 3.63) is 42.0 Å². The van der Waals surface area contributed by atoms with E-state index in [4.69, 9.17) is 10.5 Å². The van der Waals surface area contributed by atoms with E-state index in [9.17, 15) is 0 Å². The molecule has 0 aliphatic heterocycles. The average molecular weight is 292 g/mol. The molecule has 0 amide bonds. The molecule has 2 nitrogen and oxygen atoms in total. The molecule has 0 saturated heterocycles. The van der Waals surface area contributed by atoms with E-state index in [-0.39, 0.29) is 18.4 Å². The molecule has 20 heavy (non-hydrogen) atoms. The summed E-state index contributed by atoms with van der Waals surface area (Å²) in [5.74, 6) is 1.78. The van der Waals surface area contributed by atoms with Gasteiger partial charge in [0.05, 0.1) is 6.61 Å². The highest BCUT2D eigenvalue weighted by Crippen LogP contribution is 2.30. The van der Waals surface area contributed by atoms with Gasteiger partial charge in [0.15, 0.2) is 0 Å². The smallest absolute Gasteiger partial charge is 0.119 e. The van der Waals surface area contributed by atoms with Gasteiger partial charge in [-0.25, -0.2) is 0 Å². The van der Waals surface area contributed by atoms with Gasteiger partial charge in [-0.05, 0) is 60.6 Å². The van der Waals surface area contributed by atoms with Crippen molar-refractivity contribution in [2.24, 2.45) is 11.7 Å². The fourth-order valence-corrected chi connectivity index (χ4v) is 2.36. The van der Waals surface area contributed by atoms with E-state index in [0.717, 1.165) is 24.7 Å². The van der Waals surface area contributed by atoms with Crippen LogP contribution < -0.4 is 10.5 Å². The lowest BCUT2D eigenvalue weighted by Crippen LogP contribution is -2.17. The molecule has 3 heteroatoms. The van der Waals surface area contributed by atoms with Crippen molar-refractivity contribution in [1.29, 1.82) is 0 Å². The molecule has 2 N–H and O–H groups in total. The van der Waals surface area contributed by atoms with Crippen molar-refractivity contribution in [2.45, 2.75) is 32.2 Å². The van der Waals surface area contributed by atoms with Crippen LogP contribution in [0.15, 0.2) is 36.4 Å². The van der Waals surface area contributed by atoms with Crippen LogP contribution in [0.2, 0.25) is 0 Å². The zero-order chi connectivity index (χ0) is 13.2. The topological polar surface area (TPSA) is 35.2 Å². The number of rotatable bonds is 5. The minimum atomic E-state index is 0. The zero-order valence-electron chi connectivity index (χ0n) is 11.8. The van der Waals surface area contributed by atoms with Crippen molar-refractivity contribution in [3.63, 3.8) is 0 Å². The minimum Gasteiger partial charge on any atom is -0.493 e. The highest BCUT2D eigenvalue weighted by atomic mass is 35.5. The van der Waals surface area contributed by atoms with Gasteiger partial charge in [-0.3, -0.25) is 0 Å². The molecule has 0 aromatic heterocycles. The van der Waals surface area contributed by atoms with Crippen LogP contribution in [-0.4, -0.2) is 12.6 Å². The Hall–Kier alpha value is -1.25. The Kier molecular flexibility index (Phi) is 4.90. The number of hydrogen-bond acceptors (Lipinski definition) is 2. The number of nitrogens with two attached hydrogens (primary N) is 1. The minimum absolute atomic E-state index is 0. The maximum absolute atomic E-state index is 5.85. The van der Waals surface area contributed by atoms with Crippen molar-refractivity contribution in [2.75, 3.05) is 6.61 Å². The Morgan fingerprint density at radius 2 is 1.85 bits per heavy atom. The molecule has 1 aliphatic carbocycles. The molecule has 0 heterocycles. The first-order valence-electron chi connectivity index (χ1n) is 7.12. The highest BCUT2D eigenvalue weighted by Gasteiger charge is 2.21. The van der Waals surface area contributed by atoms with Crippen LogP contribution in [0.5, 0.6) is 5.75 Å². The van der Waals surface area contributed by atoms with Gasteiger partial charge in [0.2, 0.25) is 0 Å². The van der Waals surface area contributed by atoms with Gasteiger partial charge in [-0.15, -0.1) is 12.4 Å². The molecule has 1 atom stereocenters. The van der Waals surface area contributed by atoms with Gasteiger partial charge in [0, 0.05) is 6.04 Å². The molecule has 3 rings (SSSR count). The summed E-state index contributed by atoms with van der Waals surface area (Å²) in [5, 5.41) is 2.50. The number of ether oxygens (including phenoxy) is 1. The third-order valence-corrected chi connectivity index (χ3v) is 3.62. The van der Waals surface area contributed by atoms with Gasteiger partial charge in [-0.1, -0.05) is 24.3 Å². The number of halogens is 1. The predicted molar refractivity (Wildman–Crippen MR) is 86.8 cm³/mol. The molecule has 1 fully saturated rings. The zero-order valence-corrected chi connectivity index (χ0v) is 12.7. The fourth-order valence-electron chi connectivity index (χ4n) is 2.36. The molecule has 1 saturated carbocycles. The average Bonchev–Trinajstić information content (AvgIpc) is 3.19. The first kappa shape index (κ1) is 15.1. The van der Waals surface area contributed by atoms with E-state index in [0.29, 0.717) is 0 Å². The van der Waals surface area contributed by atoms with E-state index in [1.54, 1.807) is 0 Å². The van der Waals surface area contributed by atoms with Crippen molar-refractivity contribution in [3.8, 4) is 5.75 Å². The normalized spacial score (nSPS) is 15.7. The third kappa shape index (κ3) is 3.87. The van der Waals surface area contributed by atoms with E-state index in [2.05, 4.69) is 36.4 Å². The Balaban J connectivity index is 0.00000147. The Bertz CT molecular complexity index is 578. The second-order valence-electron chi connectivity index (χ2n) is 5.78. The van der Waals surface area contributed by atoms with E-state index in [1.165, 1.54) is 29.2 Å². The fraction of sp³-hybridized carbons (Fsp3) is 0.412. The van der Waals surface area contributed by atoms with Crippen LogP contribution in [0.3, 0.4) is 0 Å². The molecule has 2 aromatic rings. The second kappa shape index (κ2) is 6.47. The Morgan fingerprint density at radius 1 is 1.15 bits per heavy atom. The molecule has 1 unspecified atom stereocenters. The van der Waals surface area contributed by atoms with E-state index >= 15 is 0 Å². The molecule has 1 aliphatic rings. The number of fused-ring (bicyclic) bond motifs is 1. The summed E-state index contributed by atoms with van der Waals surface area (Å²) >= 11 is 0. The summed E-state index contributed by atoms with van der Waals surface area (Å²) < 4.78 is 5.81. The molecule has 0 bridgehead atoms. The first-order chi connectivity index (χ1) is 9.20. The van der Waals surface area contributed by atoms with Crippen LogP contribution in [0.4, 0.5) is 0 Å². The summed E-state index contributed by atoms with van der Waals surface area (Å²) in [4.78, 5) is 0. The lowest BCUT2D eigenvalue weighted by atomic mass is 10.0. The lowest BCUT2D eigenvalue weighted by molar-refractivity contribution is 0.300. The van der Waals surface area contributed by atoms with Crippen molar-refractivity contribution < 1.29 is 4.74 Å². The summed E-state index contributed by atoms with van der Waals surface area (Å²) in [6.45, 7) is 2.91. The van der Waals surface area contributed by atoms with Gasteiger partial charge in [0.25, 0.3) is 0 Å². The summed E-state index contributed by atoms with van der Waals surface area (Å²) in [6.07, 6.45) is 3.58. The van der Waals surface area contributed by atoms with Crippen LogP contribution in [0, 0.1) is 5.92 Å². The van der Waals surface area contributed by atoms with Crippen molar-refractivity contribution >= 4 is 23.2 Å². The van der Waals surface area contributed by atoms with Gasteiger partial charge in [0.1, 0.15) is 5.75 Å². The maximum atomic E-state index is 5.85. The van der Waals surface area contributed by atoms with E-state index in [1.807, 2.05) is 6.92 Å². The Labute approximate surface area is 126 Å². The summed E-state index contributed by atoms with van der Waals surface area (Å²) in [7, 11) is 0. The van der Waals surface area contributed by atoms with Gasteiger partial charge >= 0.3 is 0 Å². The summed E-state index contributed by atoms with van der Waals surface area (Å²) in [6, 6.07) is 13.1. The van der Waals surface area contributed by atoms with E-state index < -0.39 is 0 Å². The highest BCUT2D eigenvalue weighted by molar-refractivity contribution is 5.85. The van der Waals surface area contributed by atoms with Crippen LogP contribution in [-0.2, 0) is 6.42 Å². The van der Waals surface area contributed by atoms with Crippen LogP contribution >= 0.6 is 12.4 Å². The quantitative estimate of drug-likeness (QED) is 0.905. The van der Waals surface area contributed by atoms with Crippen LogP contribution in [0.25, 0.3) is 10.8 Å². The first-order valence-corrected chi connectivity index (χ1v) is 7.12. The van der Waals surface area contributed by atoms with Gasteiger partial charge in [-0.2, -0.15) is 0 Å². The Morgan fingerprint density at radius 3 is 2.55 bits per heavy atom. The number of benzene rings is 2. The molecular weight excluding hydrogens is 270 g/mol. The predicted octanol–water partition coefficient (Wildman–Crippen LogP) is 3.94. The SMILES string of the molecule is CC(N)Cc1ccc2cc(OCC3CC3)ccc2c1.Cl. The molecule has 108 valence electrons. The summed E-state index contributed by atoms with van der Waals surface area (Å²) in [5.41, 5.74) is 7.15. The second-order valence-corrected chi connectivity index (χ2v) is 5.78. The molecule has 0 radical (unpaired) electrons. The molecule has 2 aromatic carbocycles. The van der Waals surface area contributed by atoms with Crippen molar-refractivity contribution in [1.82, 2.24) is 0 Å². The third-order valence-electron chi connectivity index (χ3n) is 3.62. The largest absolute Gasteiger partial charge is 0.493 e. The standard InChI is InChI=1S/C17H21NO.ClH/c1-12(18)8-14-4-5-16-10-17(7-6-15(16)9-14)19-11-13-2-3-13;/h4-7,9-10,12-13H,2-3,8,11,18H2,1H3;1H.